The van der Waals surface area contributed by atoms with Crippen LogP contribution in [0.2, 0.25) is 0 Å². The van der Waals surface area contributed by atoms with E-state index < -0.39 is 0 Å². The van der Waals surface area contributed by atoms with Crippen molar-refractivity contribution in [3.8, 4) is 11.8 Å². The van der Waals surface area contributed by atoms with Gasteiger partial charge in [0.05, 0.1) is 11.6 Å². The van der Waals surface area contributed by atoms with Gasteiger partial charge < -0.3 is 4.74 Å². The van der Waals surface area contributed by atoms with Crippen LogP contribution < -0.4 is 4.74 Å². The number of carbonyl (C=O) groups excluding carboxylic acids is 1. The molecule has 0 aliphatic carbocycles. The molecule has 0 radical (unpaired) electrons. The second-order valence-electron chi connectivity index (χ2n) is 3.78. The highest BCUT2D eigenvalue weighted by atomic mass is 16.5. The largest absolute Gasteiger partial charge is 0.489 e. The van der Waals surface area contributed by atoms with Crippen LogP contribution in [0.4, 0.5) is 0 Å². The van der Waals surface area contributed by atoms with Crippen LogP contribution in [0.1, 0.15) is 21.5 Å². The lowest BCUT2D eigenvalue weighted by Crippen LogP contribution is -1.95. The molecule has 88 valence electrons. The third-order valence-corrected chi connectivity index (χ3v) is 2.50. The number of aldehydes is 1. The third kappa shape index (κ3) is 2.96. The van der Waals surface area contributed by atoms with E-state index in [0.717, 1.165) is 11.8 Å². The summed E-state index contributed by atoms with van der Waals surface area (Å²) in [5.41, 5.74) is 2.25. The molecule has 0 amide bonds. The van der Waals surface area contributed by atoms with Crippen molar-refractivity contribution < 1.29 is 9.53 Å². The van der Waals surface area contributed by atoms with Gasteiger partial charge in [-0.05, 0) is 42.0 Å². The van der Waals surface area contributed by atoms with Crippen LogP contribution in [0.25, 0.3) is 0 Å². The molecule has 0 aromatic heterocycles. The van der Waals surface area contributed by atoms with E-state index in [1.54, 1.807) is 36.4 Å². The summed E-state index contributed by atoms with van der Waals surface area (Å²) >= 11 is 0. The summed E-state index contributed by atoms with van der Waals surface area (Å²) in [6.07, 6.45) is 0.796. The highest BCUT2D eigenvalue weighted by molar-refractivity contribution is 5.74. The highest BCUT2D eigenvalue weighted by Crippen LogP contribution is 2.13. The standard InChI is InChI=1S/C15H11NO2/c16-9-12-1-3-14(4-2-12)11-18-15-7-5-13(10-17)6-8-15/h1-8,10H,11H2. The van der Waals surface area contributed by atoms with Gasteiger partial charge in [0.2, 0.25) is 0 Å². The number of nitriles is 1. The number of hydrogen-bond donors (Lipinski definition) is 0. The van der Waals surface area contributed by atoms with Gasteiger partial charge >= 0.3 is 0 Å². The minimum Gasteiger partial charge on any atom is -0.489 e. The molecule has 0 unspecified atom stereocenters. The number of benzene rings is 2. The summed E-state index contributed by atoms with van der Waals surface area (Å²) in [6, 6.07) is 16.2. The fourth-order valence-electron chi connectivity index (χ4n) is 1.48. The molecule has 3 nitrogen and oxygen atoms in total. The third-order valence-electron chi connectivity index (χ3n) is 2.50. The van der Waals surface area contributed by atoms with Crippen LogP contribution >= 0.6 is 0 Å². The smallest absolute Gasteiger partial charge is 0.150 e. The van der Waals surface area contributed by atoms with Gasteiger partial charge in [0.1, 0.15) is 18.6 Å². The molecule has 0 saturated heterocycles. The Labute approximate surface area is 105 Å². The van der Waals surface area contributed by atoms with Crippen LogP contribution in [-0.4, -0.2) is 6.29 Å². The molecular weight excluding hydrogens is 226 g/mol. The topological polar surface area (TPSA) is 50.1 Å². The Bertz CT molecular complexity index is 565. The molecular formula is C15H11NO2. The van der Waals surface area contributed by atoms with Gasteiger partial charge in [-0.3, -0.25) is 4.79 Å². The number of ether oxygens (including phenoxy) is 1. The van der Waals surface area contributed by atoms with E-state index >= 15 is 0 Å². The van der Waals surface area contributed by atoms with Crippen LogP contribution in [0.5, 0.6) is 5.75 Å². The maximum Gasteiger partial charge on any atom is 0.150 e. The van der Waals surface area contributed by atoms with Crippen LogP contribution in [0.3, 0.4) is 0 Å². The zero-order chi connectivity index (χ0) is 12.8. The van der Waals surface area contributed by atoms with Gasteiger partial charge in [0.25, 0.3) is 0 Å². The van der Waals surface area contributed by atoms with Gasteiger partial charge in [0, 0.05) is 5.56 Å². The number of carbonyl (C=O) groups is 1. The molecule has 2 aromatic rings. The first kappa shape index (κ1) is 11.9. The maximum atomic E-state index is 10.5. The van der Waals surface area contributed by atoms with E-state index in [4.69, 9.17) is 10.00 Å². The predicted octanol–water partition coefficient (Wildman–Crippen LogP) is 2.95. The lowest BCUT2D eigenvalue weighted by Gasteiger charge is -2.06. The Morgan fingerprint density at radius 3 is 2.28 bits per heavy atom. The van der Waals surface area contributed by atoms with Crippen LogP contribution in [0.15, 0.2) is 48.5 Å². The van der Waals surface area contributed by atoms with E-state index in [1.165, 1.54) is 0 Å². The first-order valence-electron chi connectivity index (χ1n) is 5.49. The minimum absolute atomic E-state index is 0.437. The molecule has 18 heavy (non-hydrogen) atoms. The van der Waals surface area contributed by atoms with Crippen molar-refractivity contribution in [2.75, 3.05) is 0 Å². The van der Waals surface area contributed by atoms with Gasteiger partial charge in [-0.25, -0.2) is 0 Å². The number of rotatable bonds is 4. The molecule has 0 aliphatic heterocycles. The van der Waals surface area contributed by atoms with E-state index in [9.17, 15) is 4.79 Å². The summed E-state index contributed by atoms with van der Waals surface area (Å²) < 4.78 is 5.57. The first-order chi connectivity index (χ1) is 8.81. The molecule has 0 heterocycles. The molecule has 2 rings (SSSR count). The molecule has 0 bridgehead atoms. The Kier molecular flexibility index (Phi) is 3.72. The molecule has 2 aromatic carbocycles. The summed E-state index contributed by atoms with van der Waals surface area (Å²) in [4.78, 5) is 10.5. The van der Waals surface area contributed by atoms with Gasteiger partial charge in [-0.2, -0.15) is 5.26 Å². The Morgan fingerprint density at radius 1 is 1.06 bits per heavy atom. The van der Waals surface area contributed by atoms with Crippen molar-refractivity contribution >= 4 is 6.29 Å². The summed E-state index contributed by atoms with van der Waals surface area (Å²) in [5.74, 6) is 0.713. The van der Waals surface area contributed by atoms with Crippen molar-refractivity contribution in [3.63, 3.8) is 0 Å². The van der Waals surface area contributed by atoms with E-state index in [-0.39, 0.29) is 0 Å². The van der Waals surface area contributed by atoms with Crippen molar-refractivity contribution in [1.29, 1.82) is 5.26 Å². The van der Waals surface area contributed by atoms with Crippen molar-refractivity contribution in [1.82, 2.24) is 0 Å². The molecule has 3 heteroatoms. The number of hydrogen-bond acceptors (Lipinski definition) is 3. The summed E-state index contributed by atoms with van der Waals surface area (Å²) in [5, 5.41) is 8.68. The average molecular weight is 237 g/mol. The second-order valence-corrected chi connectivity index (χ2v) is 3.78. The van der Waals surface area contributed by atoms with E-state index in [0.29, 0.717) is 23.5 Å². The second kappa shape index (κ2) is 5.65. The quantitative estimate of drug-likeness (QED) is 0.768. The Balaban J connectivity index is 1.97. The summed E-state index contributed by atoms with van der Waals surface area (Å²) in [7, 11) is 0. The van der Waals surface area contributed by atoms with Crippen LogP contribution in [-0.2, 0) is 6.61 Å². The first-order valence-corrected chi connectivity index (χ1v) is 5.49. The van der Waals surface area contributed by atoms with Crippen molar-refractivity contribution in [2.24, 2.45) is 0 Å². The SMILES string of the molecule is N#Cc1ccc(COc2ccc(C=O)cc2)cc1. The van der Waals surface area contributed by atoms with Gasteiger partial charge in [0.15, 0.2) is 0 Å². The zero-order valence-electron chi connectivity index (χ0n) is 9.67. The van der Waals surface area contributed by atoms with E-state index in [1.807, 2.05) is 12.1 Å². The molecule has 0 fully saturated rings. The predicted molar refractivity (Wildman–Crippen MR) is 67.3 cm³/mol. The monoisotopic (exact) mass is 237 g/mol. The average Bonchev–Trinajstić information content (AvgIpc) is 2.46. The molecule has 0 saturated carbocycles. The normalized spacial score (nSPS) is 9.50. The fraction of sp³-hybridized carbons (Fsp3) is 0.0667. The zero-order valence-corrected chi connectivity index (χ0v) is 9.67. The van der Waals surface area contributed by atoms with Crippen molar-refractivity contribution in [2.45, 2.75) is 6.61 Å². The fourth-order valence-corrected chi connectivity index (χ4v) is 1.48. The molecule has 0 atom stereocenters. The summed E-state index contributed by atoms with van der Waals surface area (Å²) in [6.45, 7) is 0.437. The molecule has 0 N–H and O–H groups in total. The van der Waals surface area contributed by atoms with Crippen molar-refractivity contribution in [3.05, 3.63) is 65.2 Å². The maximum absolute atomic E-state index is 10.5. The lowest BCUT2D eigenvalue weighted by molar-refractivity contribution is 0.112. The Hall–Kier alpha value is -2.60. The molecule has 0 spiro atoms. The highest BCUT2D eigenvalue weighted by Gasteiger charge is 1.97. The van der Waals surface area contributed by atoms with Gasteiger partial charge in [-0.1, -0.05) is 12.1 Å². The molecule has 0 aliphatic rings. The van der Waals surface area contributed by atoms with Gasteiger partial charge in [-0.15, -0.1) is 0 Å². The van der Waals surface area contributed by atoms with E-state index in [2.05, 4.69) is 6.07 Å². The number of nitrogens with zero attached hydrogens (tertiary/aromatic N) is 1. The minimum atomic E-state index is 0.437. The Morgan fingerprint density at radius 2 is 1.72 bits per heavy atom. The lowest BCUT2D eigenvalue weighted by atomic mass is 10.1. The van der Waals surface area contributed by atoms with Crippen LogP contribution in [0, 0.1) is 11.3 Å².